The lowest BCUT2D eigenvalue weighted by Gasteiger charge is -2.37. The topological polar surface area (TPSA) is 75.6 Å². The minimum Gasteiger partial charge on any atom is -0.475 e. The molecule has 0 atom stereocenters. The second-order valence-electron chi connectivity index (χ2n) is 3.59. The van der Waals surface area contributed by atoms with Gasteiger partial charge in [-0.25, -0.2) is 4.79 Å². The molecule has 1 spiro atoms. The van der Waals surface area contributed by atoms with E-state index in [2.05, 4.69) is 5.32 Å². The SMILES string of the molecule is O=C(O)C(F)(F)F.O=C1COC2(CNC2)C1. The number of rotatable bonds is 0. The van der Waals surface area contributed by atoms with E-state index in [0.29, 0.717) is 13.0 Å². The Bertz CT molecular complexity index is 298. The molecule has 0 aromatic rings. The number of alkyl halides is 3. The molecule has 2 rings (SSSR count). The molecule has 0 bridgehead atoms. The summed E-state index contributed by atoms with van der Waals surface area (Å²) in [7, 11) is 0. The lowest BCUT2D eigenvalue weighted by molar-refractivity contribution is -0.192. The number of nitrogens with one attached hydrogen (secondary N) is 1. The molecule has 0 radical (unpaired) electrons. The Morgan fingerprint density at radius 1 is 1.44 bits per heavy atom. The van der Waals surface area contributed by atoms with Crippen molar-refractivity contribution < 1.29 is 32.6 Å². The van der Waals surface area contributed by atoms with Gasteiger partial charge in [0.05, 0.1) is 0 Å². The van der Waals surface area contributed by atoms with Crippen molar-refractivity contribution in [2.24, 2.45) is 0 Å². The molecule has 2 saturated heterocycles. The molecule has 2 N–H and O–H groups in total. The van der Waals surface area contributed by atoms with Crippen molar-refractivity contribution >= 4 is 11.8 Å². The lowest BCUT2D eigenvalue weighted by Crippen LogP contribution is -2.59. The highest BCUT2D eigenvalue weighted by molar-refractivity contribution is 5.83. The second kappa shape index (κ2) is 4.38. The highest BCUT2D eigenvalue weighted by atomic mass is 19.4. The Balaban J connectivity index is 0.000000168. The smallest absolute Gasteiger partial charge is 0.475 e. The lowest BCUT2D eigenvalue weighted by atomic mass is 9.93. The minimum atomic E-state index is -5.08. The van der Waals surface area contributed by atoms with E-state index >= 15 is 0 Å². The molecule has 8 heteroatoms. The van der Waals surface area contributed by atoms with Crippen LogP contribution in [0.4, 0.5) is 13.2 Å². The fourth-order valence-electron chi connectivity index (χ4n) is 1.33. The third-order valence-electron chi connectivity index (χ3n) is 2.20. The number of carboxylic acids is 1. The van der Waals surface area contributed by atoms with Crippen molar-refractivity contribution in [1.29, 1.82) is 0 Å². The van der Waals surface area contributed by atoms with E-state index in [0.717, 1.165) is 13.1 Å². The fourth-order valence-corrected chi connectivity index (χ4v) is 1.33. The van der Waals surface area contributed by atoms with Crippen LogP contribution in [0.5, 0.6) is 0 Å². The summed E-state index contributed by atoms with van der Waals surface area (Å²) in [6.07, 6.45) is -4.46. The maximum atomic E-state index is 10.7. The summed E-state index contributed by atoms with van der Waals surface area (Å²) < 4.78 is 37.0. The van der Waals surface area contributed by atoms with Crippen molar-refractivity contribution in [1.82, 2.24) is 5.32 Å². The molecule has 0 aromatic carbocycles. The molecule has 0 aromatic heterocycles. The van der Waals surface area contributed by atoms with Crippen LogP contribution in [0.25, 0.3) is 0 Å². The van der Waals surface area contributed by atoms with Crippen molar-refractivity contribution in [3.8, 4) is 0 Å². The molecule has 2 heterocycles. The molecule has 5 nitrogen and oxygen atoms in total. The van der Waals surface area contributed by atoms with Crippen LogP contribution in [0.3, 0.4) is 0 Å². The number of halogens is 3. The van der Waals surface area contributed by atoms with Gasteiger partial charge >= 0.3 is 12.1 Å². The maximum Gasteiger partial charge on any atom is 0.490 e. The molecule has 0 saturated carbocycles. The van der Waals surface area contributed by atoms with Gasteiger partial charge in [0.1, 0.15) is 12.2 Å². The van der Waals surface area contributed by atoms with Crippen LogP contribution in [-0.4, -0.2) is 48.3 Å². The van der Waals surface area contributed by atoms with Gasteiger partial charge in [-0.15, -0.1) is 0 Å². The summed E-state index contributed by atoms with van der Waals surface area (Å²) in [5, 5.41) is 10.2. The van der Waals surface area contributed by atoms with Gasteiger partial charge in [0, 0.05) is 19.5 Å². The zero-order valence-electron chi connectivity index (χ0n) is 8.13. The molecular formula is C8H10F3NO4. The van der Waals surface area contributed by atoms with Crippen molar-refractivity contribution in [2.45, 2.75) is 18.2 Å². The molecule has 2 aliphatic heterocycles. The summed E-state index contributed by atoms with van der Waals surface area (Å²) in [6.45, 7) is 2.05. The minimum absolute atomic E-state index is 0.0723. The van der Waals surface area contributed by atoms with Gasteiger partial charge in [-0.2, -0.15) is 13.2 Å². The molecule has 0 amide bonds. The Kier molecular flexibility index (Phi) is 3.54. The monoisotopic (exact) mass is 241 g/mol. The normalized spacial score (nSPS) is 22.3. The summed E-state index contributed by atoms with van der Waals surface area (Å²) in [4.78, 5) is 19.6. The zero-order valence-corrected chi connectivity index (χ0v) is 8.13. The van der Waals surface area contributed by atoms with Crippen LogP contribution in [-0.2, 0) is 14.3 Å². The molecule has 2 fully saturated rings. The van der Waals surface area contributed by atoms with Crippen LogP contribution in [0.2, 0.25) is 0 Å². The van der Waals surface area contributed by atoms with Gasteiger partial charge in [0.15, 0.2) is 5.78 Å². The van der Waals surface area contributed by atoms with Crippen LogP contribution >= 0.6 is 0 Å². The molecule has 2 aliphatic rings. The third-order valence-corrected chi connectivity index (χ3v) is 2.20. The number of ether oxygens (including phenoxy) is 1. The molecule has 92 valence electrons. The predicted molar refractivity (Wildman–Crippen MR) is 44.9 cm³/mol. The Morgan fingerprint density at radius 2 is 1.94 bits per heavy atom. The number of carbonyl (C=O) groups excluding carboxylic acids is 1. The molecule has 16 heavy (non-hydrogen) atoms. The Labute approximate surface area is 88.6 Å². The largest absolute Gasteiger partial charge is 0.490 e. The number of carboxylic acid groups (broad SMARTS) is 1. The van der Waals surface area contributed by atoms with Crippen LogP contribution in [0, 0.1) is 0 Å². The van der Waals surface area contributed by atoms with Crippen LogP contribution in [0.1, 0.15) is 6.42 Å². The number of hydrogen-bond donors (Lipinski definition) is 2. The van der Waals surface area contributed by atoms with E-state index in [1.54, 1.807) is 0 Å². The van der Waals surface area contributed by atoms with E-state index in [9.17, 15) is 18.0 Å². The van der Waals surface area contributed by atoms with Crippen LogP contribution in [0.15, 0.2) is 0 Å². The molecular weight excluding hydrogens is 231 g/mol. The summed E-state index contributed by atoms with van der Waals surface area (Å²) in [5.74, 6) is -2.51. The van der Waals surface area contributed by atoms with E-state index in [1.165, 1.54) is 0 Å². The van der Waals surface area contributed by atoms with Crippen molar-refractivity contribution in [3.05, 3.63) is 0 Å². The predicted octanol–water partition coefficient (Wildman–Crippen LogP) is -0.0489. The number of aliphatic carboxylic acids is 1. The van der Waals surface area contributed by atoms with Gasteiger partial charge in [-0.05, 0) is 0 Å². The number of Topliss-reactive ketones (excluding diaryl/α,β-unsaturated/α-hetero) is 1. The maximum absolute atomic E-state index is 10.7. The average molecular weight is 241 g/mol. The van der Waals surface area contributed by atoms with E-state index in [1.807, 2.05) is 0 Å². The van der Waals surface area contributed by atoms with E-state index in [4.69, 9.17) is 14.6 Å². The number of ketones is 1. The van der Waals surface area contributed by atoms with Gasteiger partial charge in [0.25, 0.3) is 0 Å². The Hall–Kier alpha value is -1.15. The van der Waals surface area contributed by atoms with Gasteiger partial charge in [-0.3, -0.25) is 4.79 Å². The summed E-state index contributed by atoms with van der Waals surface area (Å²) in [5.41, 5.74) is -0.0723. The average Bonchev–Trinajstić information content (AvgIpc) is 2.46. The molecule has 0 unspecified atom stereocenters. The van der Waals surface area contributed by atoms with E-state index in [-0.39, 0.29) is 11.4 Å². The van der Waals surface area contributed by atoms with Gasteiger partial charge in [-0.1, -0.05) is 0 Å². The summed E-state index contributed by atoms with van der Waals surface area (Å²) in [6, 6.07) is 0. The highest BCUT2D eigenvalue weighted by Crippen LogP contribution is 2.26. The fraction of sp³-hybridized carbons (Fsp3) is 0.750. The first-order chi connectivity index (χ1) is 7.25. The second-order valence-corrected chi connectivity index (χ2v) is 3.59. The van der Waals surface area contributed by atoms with Gasteiger partial charge < -0.3 is 15.2 Å². The van der Waals surface area contributed by atoms with Crippen molar-refractivity contribution in [3.63, 3.8) is 0 Å². The first-order valence-corrected chi connectivity index (χ1v) is 4.42. The first-order valence-electron chi connectivity index (χ1n) is 4.42. The third kappa shape index (κ3) is 3.17. The van der Waals surface area contributed by atoms with Crippen molar-refractivity contribution in [2.75, 3.05) is 19.7 Å². The van der Waals surface area contributed by atoms with E-state index < -0.39 is 12.1 Å². The Morgan fingerprint density at radius 3 is 2.06 bits per heavy atom. The zero-order chi connectivity index (χ0) is 12.4. The first kappa shape index (κ1) is 12.9. The highest BCUT2D eigenvalue weighted by Gasteiger charge is 2.44. The standard InChI is InChI=1S/C6H9NO2.C2HF3O2/c8-5-1-6(9-2-5)3-7-4-6;3-2(4,5)1(6)7/h7H,1-4H2;(H,6,7). The summed E-state index contributed by atoms with van der Waals surface area (Å²) >= 11 is 0. The van der Waals surface area contributed by atoms with Gasteiger partial charge in [0.2, 0.25) is 0 Å². The van der Waals surface area contributed by atoms with Crippen LogP contribution < -0.4 is 5.32 Å². The molecule has 0 aliphatic carbocycles. The number of hydrogen-bond acceptors (Lipinski definition) is 4. The number of carbonyl (C=O) groups is 2. The quantitative estimate of drug-likeness (QED) is 0.622.